The lowest BCUT2D eigenvalue weighted by atomic mass is 9.63. The number of rotatable bonds is 3. The second-order valence-corrected chi connectivity index (χ2v) is 5.93. The monoisotopic (exact) mass is 233 g/mol. The quantitative estimate of drug-likeness (QED) is 0.872. The number of hydrogen-bond donors (Lipinski definition) is 1. The molecule has 0 bridgehead atoms. The van der Waals surface area contributed by atoms with Crippen molar-refractivity contribution in [1.82, 2.24) is 9.78 Å². The molecule has 0 spiro atoms. The van der Waals surface area contributed by atoms with Crippen molar-refractivity contribution in [3.63, 3.8) is 0 Å². The van der Waals surface area contributed by atoms with Crippen molar-refractivity contribution in [2.45, 2.75) is 51.4 Å². The van der Waals surface area contributed by atoms with E-state index in [2.05, 4.69) is 6.92 Å². The molecule has 17 heavy (non-hydrogen) atoms. The standard InChI is InChI=1S/C14H23N3/c1-9-13(16-17(2)14(9)15)12(10-5-3-6-10)11-7-4-8-11/h10-12H,3-8,15H2,1-2H3. The van der Waals surface area contributed by atoms with Crippen LogP contribution in [0.5, 0.6) is 0 Å². The maximum atomic E-state index is 6.06. The Morgan fingerprint density at radius 2 is 1.71 bits per heavy atom. The maximum Gasteiger partial charge on any atom is 0.124 e. The fourth-order valence-electron chi connectivity index (χ4n) is 3.41. The molecule has 2 aliphatic rings. The number of hydrogen-bond acceptors (Lipinski definition) is 2. The molecular formula is C14H23N3. The van der Waals surface area contributed by atoms with E-state index < -0.39 is 0 Å². The van der Waals surface area contributed by atoms with E-state index in [4.69, 9.17) is 10.8 Å². The number of nitrogens with zero attached hydrogens (tertiary/aromatic N) is 2. The van der Waals surface area contributed by atoms with E-state index in [9.17, 15) is 0 Å². The fourth-order valence-corrected chi connectivity index (χ4v) is 3.41. The van der Waals surface area contributed by atoms with Crippen LogP contribution in [0.1, 0.15) is 55.7 Å². The van der Waals surface area contributed by atoms with Gasteiger partial charge in [-0.15, -0.1) is 0 Å². The van der Waals surface area contributed by atoms with Gasteiger partial charge >= 0.3 is 0 Å². The van der Waals surface area contributed by atoms with Gasteiger partial charge in [0.15, 0.2) is 0 Å². The highest BCUT2D eigenvalue weighted by Gasteiger charge is 2.39. The summed E-state index contributed by atoms with van der Waals surface area (Å²) in [6, 6.07) is 0. The molecule has 3 heteroatoms. The van der Waals surface area contributed by atoms with Crippen LogP contribution >= 0.6 is 0 Å². The zero-order valence-corrected chi connectivity index (χ0v) is 10.9. The summed E-state index contributed by atoms with van der Waals surface area (Å²) in [7, 11) is 1.96. The van der Waals surface area contributed by atoms with Crippen molar-refractivity contribution in [2.24, 2.45) is 18.9 Å². The highest BCUT2D eigenvalue weighted by atomic mass is 15.3. The molecule has 0 saturated heterocycles. The zero-order chi connectivity index (χ0) is 12.0. The molecule has 0 unspecified atom stereocenters. The molecule has 3 rings (SSSR count). The van der Waals surface area contributed by atoms with Gasteiger partial charge in [0, 0.05) is 18.5 Å². The summed E-state index contributed by atoms with van der Waals surface area (Å²) >= 11 is 0. The van der Waals surface area contributed by atoms with Gasteiger partial charge in [0.2, 0.25) is 0 Å². The average Bonchev–Trinajstić information content (AvgIpc) is 2.39. The smallest absolute Gasteiger partial charge is 0.124 e. The number of nitrogens with two attached hydrogens (primary N) is 1. The summed E-state index contributed by atoms with van der Waals surface area (Å²) in [6.07, 6.45) is 8.42. The molecule has 0 amide bonds. The molecule has 0 aromatic carbocycles. The van der Waals surface area contributed by atoms with Gasteiger partial charge in [-0.25, -0.2) is 0 Å². The fraction of sp³-hybridized carbons (Fsp3) is 0.786. The second-order valence-electron chi connectivity index (χ2n) is 5.93. The van der Waals surface area contributed by atoms with Gasteiger partial charge in [-0.05, 0) is 44.4 Å². The van der Waals surface area contributed by atoms with Crippen LogP contribution in [0.15, 0.2) is 0 Å². The predicted octanol–water partition coefficient (Wildman–Crippen LogP) is 2.99. The lowest BCUT2D eigenvalue weighted by molar-refractivity contribution is 0.146. The molecule has 2 N–H and O–H groups in total. The molecule has 2 saturated carbocycles. The largest absolute Gasteiger partial charge is 0.384 e. The molecule has 1 aromatic rings. The summed E-state index contributed by atoms with van der Waals surface area (Å²) in [6.45, 7) is 2.14. The number of aryl methyl sites for hydroxylation is 1. The zero-order valence-electron chi connectivity index (χ0n) is 10.9. The van der Waals surface area contributed by atoms with Crippen molar-refractivity contribution in [1.29, 1.82) is 0 Å². The predicted molar refractivity (Wildman–Crippen MR) is 69.8 cm³/mol. The molecule has 0 aliphatic heterocycles. The minimum atomic E-state index is 0.695. The van der Waals surface area contributed by atoms with Gasteiger partial charge in [-0.3, -0.25) is 4.68 Å². The number of anilines is 1. The normalized spacial score (nSPS) is 21.6. The first kappa shape index (κ1) is 11.1. The van der Waals surface area contributed by atoms with Gasteiger partial charge in [-0.1, -0.05) is 12.8 Å². The summed E-state index contributed by atoms with van der Waals surface area (Å²) < 4.78 is 1.86. The first-order valence-corrected chi connectivity index (χ1v) is 6.97. The number of nitrogen functional groups attached to an aromatic ring is 1. The van der Waals surface area contributed by atoms with E-state index >= 15 is 0 Å². The first-order valence-electron chi connectivity index (χ1n) is 6.97. The summed E-state index contributed by atoms with van der Waals surface area (Å²) in [5.41, 5.74) is 8.60. The van der Waals surface area contributed by atoms with Crippen LogP contribution in [0.4, 0.5) is 5.82 Å². The molecule has 3 nitrogen and oxygen atoms in total. The lowest BCUT2D eigenvalue weighted by Gasteiger charge is -2.42. The van der Waals surface area contributed by atoms with Crippen molar-refractivity contribution < 1.29 is 0 Å². The third-order valence-corrected chi connectivity index (χ3v) is 5.01. The van der Waals surface area contributed by atoms with Crippen LogP contribution in [-0.4, -0.2) is 9.78 Å². The highest BCUT2D eigenvalue weighted by molar-refractivity contribution is 5.44. The molecule has 0 radical (unpaired) electrons. The van der Waals surface area contributed by atoms with Crippen LogP contribution in [-0.2, 0) is 7.05 Å². The third kappa shape index (κ3) is 1.67. The molecule has 1 heterocycles. The maximum absolute atomic E-state index is 6.06. The molecule has 0 atom stereocenters. The van der Waals surface area contributed by atoms with E-state index in [1.165, 1.54) is 49.8 Å². The van der Waals surface area contributed by atoms with Crippen LogP contribution in [0, 0.1) is 18.8 Å². The Hall–Kier alpha value is -0.990. The summed E-state index contributed by atoms with van der Waals surface area (Å²) in [5, 5.41) is 4.71. The Kier molecular flexibility index (Phi) is 2.64. The minimum absolute atomic E-state index is 0.695. The Balaban J connectivity index is 1.93. The average molecular weight is 233 g/mol. The van der Waals surface area contributed by atoms with Gasteiger partial charge in [0.05, 0.1) is 5.69 Å². The number of aromatic nitrogens is 2. The molecule has 2 aliphatic carbocycles. The first-order chi connectivity index (χ1) is 8.18. The summed E-state index contributed by atoms with van der Waals surface area (Å²) in [4.78, 5) is 0. The van der Waals surface area contributed by atoms with E-state index in [-0.39, 0.29) is 0 Å². The summed E-state index contributed by atoms with van der Waals surface area (Å²) in [5.74, 6) is 3.31. The SMILES string of the molecule is Cc1c(C(C2CCC2)C2CCC2)nn(C)c1N. The van der Waals surface area contributed by atoms with Crippen molar-refractivity contribution in [3.8, 4) is 0 Å². The Bertz CT molecular complexity index is 399. The van der Waals surface area contributed by atoms with Crippen LogP contribution in [0.2, 0.25) is 0 Å². The van der Waals surface area contributed by atoms with Crippen molar-refractivity contribution >= 4 is 5.82 Å². The highest BCUT2D eigenvalue weighted by Crippen LogP contribution is 2.50. The van der Waals surface area contributed by atoms with E-state index in [1.54, 1.807) is 0 Å². The van der Waals surface area contributed by atoms with Crippen LogP contribution in [0.25, 0.3) is 0 Å². The van der Waals surface area contributed by atoms with Crippen molar-refractivity contribution in [2.75, 3.05) is 5.73 Å². The minimum Gasteiger partial charge on any atom is -0.384 e. The molecule has 94 valence electrons. The van der Waals surface area contributed by atoms with E-state index in [0.717, 1.165) is 17.7 Å². The van der Waals surface area contributed by atoms with Gasteiger partial charge in [-0.2, -0.15) is 5.10 Å². The third-order valence-electron chi connectivity index (χ3n) is 5.01. The Morgan fingerprint density at radius 1 is 1.18 bits per heavy atom. The van der Waals surface area contributed by atoms with Gasteiger partial charge in [0.25, 0.3) is 0 Å². The second kappa shape index (κ2) is 4.04. The Morgan fingerprint density at radius 3 is 2.00 bits per heavy atom. The molecular weight excluding hydrogens is 210 g/mol. The van der Waals surface area contributed by atoms with E-state index in [0.29, 0.717) is 5.92 Å². The Labute approximate surface area is 103 Å². The van der Waals surface area contributed by atoms with E-state index in [1.807, 2.05) is 11.7 Å². The van der Waals surface area contributed by atoms with Crippen LogP contribution < -0.4 is 5.73 Å². The topological polar surface area (TPSA) is 43.8 Å². The lowest BCUT2D eigenvalue weighted by Crippen LogP contribution is -2.31. The van der Waals surface area contributed by atoms with Crippen LogP contribution in [0.3, 0.4) is 0 Å². The molecule has 2 fully saturated rings. The van der Waals surface area contributed by atoms with Crippen molar-refractivity contribution in [3.05, 3.63) is 11.3 Å². The van der Waals surface area contributed by atoms with Gasteiger partial charge < -0.3 is 5.73 Å². The molecule has 1 aromatic heterocycles. The van der Waals surface area contributed by atoms with Gasteiger partial charge in [0.1, 0.15) is 5.82 Å².